The van der Waals surface area contributed by atoms with E-state index in [1.54, 1.807) is 12.4 Å². The Morgan fingerprint density at radius 3 is 2.92 bits per heavy atom. The number of likely N-dealkylation sites (tertiary alicyclic amines) is 1. The summed E-state index contributed by atoms with van der Waals surface area (Å²) in [5.74, 6) is 1.75. The number of pyridine rings is 1. The SMILES string of the molecule is Cc1nccn1-c1cncc([C@H]2CCCN2Cc2cccnc2)n1. The van der Waals surface area contributed by atoms with Crippen LogP contribution in [0.4, 0.5) is 0 Å². The third-order valence-electron chi connectivity index (χ3n) is 4.53. The summed E-state index contributed by atoms with van der Waals surface area (Å²) in [6.45, 7) is 3.95. The Labute approximate surface area is 141 Å². The smallest absolute Gasteiger partial charge is 0.156 e. The number of aromatic nitrogens is 5. The number of hydrogen-bond acceptors (Lipinski definition) is 5. The third-order valence-corrected chi connectivity index (χ3v) is 4.53. The van der Waals surface area contributed by atoms with E-state index in [-0.39, 0.29) is 0 Å². The molecule has 0 amide bonds. The molecular weight excluding hydrogens is 300 g/mol. The topological polar surface area (TPSA) is 59.7 Å². The number of nitrogens with zero attached hydrogens (tertiary/aromatic N) is 6. The first-order valence-electron chi connectivity index (χ1n) is 8.26. The molecule has 4 heterocycles. The third kappa shape index (κ3) is 2.92. The molecule has 1 saturated heterocycles. The summed E-state index contributed by atoms with van der Waals surface area (Å²) < 4.78 is 1.97. The molecule has 122 valence electrons. The van der Waals surface area contributed by atoms with Gasteiger partial charge in [0.15, 0.2) is 5.82 Å². The maximum Gasteiger partial charge on any atom is 0.156 e. The molecule has 3 aromatic heterocycles. The maximum absolute atomic E-state index is 4.85. The summed E-state index contributed by atoms with van der Waals surface area (Å²) in [5, 5.41) is 0. The summed E-state index contributed by atoms with van der Waals surface area (Å²) in [4.78, 5) is 20.2. The summed E-state index contributed by atoms with van der Waals surface area (Å²) in [6, 6.07) is 4.42. The largest absolute Gasteiger partial charge is 0.290 e. The van der Waals surface area contributed by atoms with Gasteiger partial charge in [-0.05, 0) is 37.9 Å². The van der Waals surface area contributed by atoms with Crippen LogP contribution in [0.3, 0.4) is 0 Å². The minimum Gasteiger partial charge on any atom is -0.290 e. The van der Waals surface area contributed by atoms with E-state index in [4.69, 9.17) is 4.98 Å². The van der Waals surface area contributed by atoms with E-state index in [0.717, 1.165) is 36.8 Å². The molecule has 4 rings (SSSR count). The van der Waals surface area contributed by atoms with Gasteiger partial charge in [0.2, 0.25) is 0 Å². The summed E-state index contributed by atoms with van der Waals surface area (Å²) >= 11 is 0. The minimum absolute atomic E-state index is 0.307. The van der Waals surface area contributed by atoms with Gasteiger partial charge in [-0.15, -0.1) is 0 Å². The van der Waals surface area contributed by atoms with Crippen LogP contribution >= 0.6 is 0 Å². The van der Waals surface area contributed by atoms with E-state index in [9.17, 15) is 0 Å². The fraction of sp³-hybridized carbons (Fsp3) is 0.333. The van der Waals surface area contributed by atoms with Crippen molar-refractivity contribution in [1.29, 1.82) is 0 Å². The van der Waals surface area contributed by atoms with Crippen molar-refractivity contribution in [2.45, 2.75) is 32.4 Å². The highest BCUT2D eigenvalue weighted by Gasteiger charge is 2.27. The van der Waals surface area contributed by atoms with Gasteiger partial charge in [0, 0.05) is 31.3 Å². The van der Waals surface area contributed by atoms with Crippen molar-refractivity contribution < 1.29 is 0 Å². The average molecular weight is 320 g/mol. The van der Waals surface area contributed by atoms with Crippen LogP contribution < -0.4 is 0 Å². The Kier molecular flexibility index (Phi) is 4.04. The van der Waals surface area contributed by atoms with Crippen LogP contribution in [0, 0.1) is 6.92 Å². The average Bonchev–Trinajstić information content (AvgIpc) is 3.25. The molecule has 0 radical (unpaired) electrons. The second-order valence-corrected chi connectivity index (χ2v) is 6.14. The predicted octanol–water partition coefficient (Wildman–Crippen LogP) is 2.70. The molecule has 0 aliphatic carbocycles. The van der Waals surface area contributed by atoms with Gasteiger partial charge in [0.05, 0.1) is 24.1 Å². The molecule has 0 N–H and O–H groups in total. The normalized spacial score (nSPS) is 18.1. The van der Waals surface area contributed by atoms with Crippen molar-refractivity contribution in [3.05, 3.63) is 66.4 Å². The molecule has 0 aromatic carbocycles. The zero-order valence-electron chi connectivity index (χ0n) is 13.7. The molecule has 1 atom stereocenters. The number of aryl methyl sites for hydroxylation is 1. The molecule has 0 saturated carbocycles. The van der Waals surface area contributed by atoms with Crippen molar-refractivity contribution in [1.82, 2.24) is 29.4 Å². The minimum atomic E-state index is 0.307. The van der Waals surface area contributed by atoms with Crippen LogP contribution in [0.25, 0.3) is 5.82 Å². The monoisotopic (exact) mass is 320 g/mol. The van der Waals surface area contributed by atoms with E-state index in [0.29, 0.717) is 6.04 Å². The lowest BCUT2D eigenvalue weighted by Crippen LogP contribution is -2.24. The predicted molar refractivity (Wildman–Crippen MR) is 90.5 cm³/mol. The Hall–Kier alpha value is -2.60. The lowest BCUT2D eigenvalue weighted by molar-refractivity contribution is 0.243. The van der Waals surface area contributed by atoms with E-state index >= 15 is 0 Å². The van der Waals surface area contributed by atoms with Gasteiger partial charge in [0.25, 0.3) is 0 Å². The highest BCUT2D eigenvalue weighted by Crippen LogP contribution is 2.32. The van der Waals surface area contributed by atoms with Gasteiger partial charge in [-0.3, -0.25) is 19.4 Å². The fourth-order valence-corrected chi connectivity index (χ4v) is 3.34. The Morgan fingerprint density at radius 1 is 1.17 bits per heavy atom. The molecule has 0 spiro atoms. The molecule has 1 aliphatic heterocycles. The zero-order chi connectivity index (χ0) is 16.4. The van der Waals surface area contributed by atoms with Crippen LogP contribution in [0.2, 0.25) is 0 Å². The maximum atomic E-state index is 4.85. The first-order valence-corrected chi connectivity index (χ1v) is 8.26. The van der Waals surface area contributed by atoms with Gasteiger partial charge < -0.3 is 0 Å². The molecule has 0 unspecified atom stereocenters. The first-order chi connectivity index (χ1) is 11.8. The van der Waals surface area contributed by atoms with Crippen LogP contribution in [0.15, 0.2) is 49.3 Å². The van der Waals surface area contributed by atoms with Crippen molar-refractivity contribution >= 4 is 0 Å². The Bertz CT molecular complexity index is 813. The number of rotatable bonds is 4. The van der Waals surface area contributed by atoms with Crippen LogP contribution in [-0.2, 0) is 6.54 Å². The van der Waals surface area contributed by atoms with Gasteiger partial charge >= 0.3 is 0 Å². The highest BCUT2D eigenvalue weighted by molar-refractivity contribution is 5.24. The van der Waals surface area contributed by atoms with Gasteiger partial charge in [-0.2, -0.15) is 0 Å². The molecule has 24 heavy (non-hydrogen) atoms. The van der Waals surface area contributed by atoms with E-state index < -0.39 is 0 Å². The second kappa shape index (κ2) is 6.49. The summed E-state index contributed by atoms with van der Waals surface area (Å²) in [5.41, 5.74) is 2.26. The summed E-state index contributed by atoms with van der Waals surface area (Å²) in [6.07, 6.45) is 13.4. The second-order valence-electron chi connectivity index (χ2n) is 6.14. The first kappa shape index (κ1) is 15.0. The van der Waals surface area contributed by atoms with Gasteiger partial charge in [-0.1, -0.05) is 6.07 Å². The van der Waals surface area contributed by atoms with Gasteiger partial charge in [-0.25, -0.2) is 9.97 Å². The van der Waals surface area contributed by atoms with Crippen molar-refractivity contribution in [2.24, 2.45) is 0 Å². The Balaban J connectivity index is 1.59. The van der Waals surface area contributed by atoms with Crippen molar-refractivity contribution in [2.75, 3.05) is 6.54 Å². The van der Waals surface area contributed by atoms with Crippen LogP contribution in [0.1, 0.15) is 36.0 Å². The van der Waals surface area contributed by atoms with E-state index in [1.807, 2.05) is 42.3 Å². The molecule has 6 nitrogen and oxygen atoms in total. The fourth-order valence-electron chi connectivity index (χ4n) is 3.34. The molecule has 3 aromatic rings. The Morgan fingerprint density at radius 2 is 2.12 bits per heavy atom. The summed E-state index contributed by atoms with van der Waals surface area (Å²) in [7, 11) is 0. The van der Waals surface area contributed by atoms with Crippen LogP contribution in [0.5, 0.6) is 0 Å². The molecular formula is C18H20N6. The van der Waals surface area contributed by atoms with Crippen LogP contribution in [-0.4, -0.2) is 35.9 Å². The molecule has 0 bridgehead atoms. The molecule has 1 aliphatic rings. The number of imidazole rings is 1. The van der Waals surface area contributed by atoms with Gasteiger partial charge in [0.1, 0.15) is 5.82 Å². The zero-order valence-corrected chi connectivity index (χ0v) is 13.7. The van der Waals surface area contributed by atoms with E-state index in [1.165, 1.54) is 12.0 Å². The highest BCUT2D eigenvalue weighted by atomic mass is 15.2. The lowest BCUT2D eigenvalue weighted by Gasteiger charge is -2.24. The van der Waals surface area contributed by atoms with Crippen molar-refractivity contribution in [3.8, 4) is 5.82 Å². The lowest BCUT2D eigenvalue weighted by atomic mass is 10.1. The number of hydrogen-bond donors (Lipinski definition) is 0. The van der Waals surface area contributed by atoms with E-state index in [2.05, 4.69) is 25.9 Å². The quantitative estimate of drug-likeness (QED) is 0.740. The standard InChI is InChI=1S/C18H20N6/c1-14-21-7-9-24(14)18-12-20-11-16(22-18)17-5-3-8-23(17)13-15-4-2-6-19-10-15/h2,4,6-7,9-12,17H,3,5,8,13H2,1H3/t17-/m1/s1. The van der Waals surface area contributed by atoms with Crippen molar-refractivity contribution in [3.63, 3.8) is 0 Å². The molecule has 6 heteroatoms. The molecule has 1 fully saturated rings.